The van der Waals surface area contributed by atoms with E-state index in [1.54, 1.807) is 14.0 Å². The summed E-state index contributed by atoms with van der Waals surface area (Å²) in [5.74, 6) is 3.13. The van der Waals surface area contributed by atoms with Gasteiger partial charge in [-0.1, -0.05) is 44.5 Å². The van der Waals surface area contributed by atoms with E-state index in [2.05, 4.69) is 69.6 Å². The number of ether oxygens (including phenoxy) is 1. The van der Waals surface area contributed by atoms with Gasteiger partial charge in [0.25, 0.3) is 0 Å². The van der Waals surface area contributed by atoms with E-state index in [-0.39, 0.29) is 175 Å². The third-order valence-corrected chi connectivity index (χ3v) is 4.56. The van der Waals surface area contributed by atoms with E-state index in [9.17, 15) is 0 Å². The standard InChI is InChI=1S/C7H18NOSi.C5H10N.C5H8N.C3H4.3Rb/c1-8(6-9-2)7-10(3,4)5;2*1-5-2-3-6-4-5;1-3-2;;;/h1,6-7H2,2-5H3;5H,2-4H2,1H3;2H,3-4H2,1H3;1H,2H3;;;/q3*-1;;3*+1. The molecule has 8 heteroatoms. The molecule has 0 amide bonds. The zero-order valence-corrected chi connectivity index (χ0v) is 36.4. The van der Waals surface area contributed by atoms with Gasteiger partial charge in [-0.2, -0.15) is 0 Å². The molecule has 0 aliphatic carbocycles. The number of methoxy groups -OCH3 is 1. The molecular formula is C20H40N3ORb3Si. The van der Waals surface area contributed by atoms with Crippen molar-refractivity contribution in [3.8, 4) is 12.3 Å². The van der Waals surface area contributed by atoms with E-state index in [4.69, 9.17) is 4.74 Å². The largest absolute Gasteiger partial charge is 1.00 e. The van der Waals surface area contributed by atoms with Gasteiger partial charge in [-0.3, -0.25) is 7.05 Å². The number of hydrogen-bond acceptors (Lipinski definition) is 2. The fraction of sp³-hybridized carbons (Fsp3) is 0.750. The van der Waals surface area contributed by atoms with Crippen LogP contribution in [0.3, 0.4) is 0 Å². The zero-order valence-electron chi connectivity index (χ0n) is 20.6. The Kier molecular flexibility index (Phi) is 45.7. The van der Waals surface area contributed by atoms with Crippen LogP contribution < -0.4 is 175 Å². The van der Waals surface area contributed by atoms with Crippen LogP contribution in [0.2, 0.25) is 19.6 Å². The molecule has 2 aliphatic rings. The maximum atomic E-state index is 4.94. The molecule has 4 nitrogen and oxygen atoms in total. The summed E-state index contributed by atoms with van der Waals surface area (Å²) in [5.41, 5.74) is 1.41. The van der Waals surface area contributed by atoms with Gasteiger partial charge in [-0.25, -0.2) is 0 Å². The topological polar surface area (TPSA) is 40.7 Å². The minimum absolute atomic E-state index is 0. The molecule has 0 aromatic heterocycles. The van der Waals surface area contributed by atoms with Gasteiger partial charge in [0, 0.05) is 7.11 Å². The molecule has 0 aromatic carbocycles. The number of nitrogens with zero attached hydrogens (tertiary/aromatic N) is 3. The van der Waals surface area contributed by atoms with Crippen LogP contribution in [0.25, 0.3) is 10.6 Å². The quantitative estimate of drug-likeness (QED) is 0.105. The molecule has 1 unspecified atom stereocenters. The summed E-state index contributed by atoms with van der Waals surface area (Å²) in [5, 5.41) is 8.24. The van der Waals surface area contributed by atoms with Crippen molar-refractivity contribution in [3.63, 3.8) is 0 Å². The summed E-state index contributed by atoms with van der Waals surface area (Å²) in [6.45, 7) is 17.8. The Bertz CT molecular complexity index is 380. The Morgan fingerprint density at radius 1 is 1.29 bits per heavy atom. The van der Waals surface area contributed by atoms with Crippen LogP contribution in [0.5, 0.6) is 0 Å². The molecule has 0 bridgehead atoms. The molecule has 0 N–H and O–H groups in total. The molecule has 1 atom stereocenters. The first-order valence-corrected chi connectivity index (χ1v) is 12.7. The van der Waals surface area contributed by atoms with Crippen LogP contribution in [0.1, 0.15) is 27.2 Å². The number of terminal acetylenes is 1. The van der Waals surface area contributed by atoms with Gasteiger partial charge in [-0.15, -0.1) is 44.6 Å². The monoisotopic (exact) mass is 621 g/mol. The maximum absolute atomic E-state index is 4.94. The average molecular weight is 623 g/mol. The third kappa shape index (κ3) is 38.1. The van der Waals surface area contributed by atoms with E-state index < -0.39 is 8.07 Å². The van der Waals surface area contributed by atoms with Gasteiger partial charge in [0.1, 0.15) is 0 Å². The molecule has 148 valence electrons. The van der Waals surface area contributed by atoms with Gasteiger partial charge < -0.3 is 20.3 Å². The molecule has 2 rings (SSSR count). The van der Waals surface area contributed by atoms with Crippen molar-refractivity contribution in [1.82, 2.24) is 4.90 Å². The predicted molar refractivity (Wildman–Crippen MR) is 116 cm³/mol. The van der Waals surface area contributed by atoms with Crippen molar-refractivity contribution in [2.75, 3.05) is 46.2 Å². The van der Waals surface area contributed by atoms with Gasteiger partial charge >= 0.3 is 175 Å². The predicted octanol–water partition coefficient (Wildman–Crippen LogP) is -4.07. The van der Waals surface area contributed by atoms with E-state index in [1.165, 1.54) is 12.0 Å². The van der Waals surface area contributed by atoms with E-state index >= 15 is 0 Å². The van der Waals surface area contributed by atoms with Crippen molar-refractivity contribution < 1.29 is 179 Å². The Morgan fingerprint density at radius 2 is 1.82 bits per heavy atom. The summed E-state index contributed by atoms with van der Waals surface area (Å²) < 4.78 is 4.94. The van der Waals surface area contributed by atoms with Crippen molar-refractivity contribution in [1.29, 1.82) is 0 Å². The van der Waals surface area contributed by atoms with Crippen LogP contribution >= 0.6 is 0 Å². The van der Waals surface area contributed by atoms with E-state index in [1.807, 2.05) is 4.90 Å². The van der Waals surface area contributed by atoms with Crippen molar-refractivity contribution in [3.05, 3.63) is 29.3 Å². The third-order valence-electron chi connectivity index (χ3n) is 3.16. The van der Waals surface area contributed by atoms with Gasteiger partial charge in [-0.05, 0) is 20.0 Å². The first-order chi connectivity index (χ1) is 11.7. The second-order valence-corrected chi connectivity index (χ2v) is 13.2. The minimum Gasteiger partial charge on any atom is -0.662 e. The molecule has 0 spiro atoms. The molecule has 2 heterocycles. The van der Waals surface area contributed by atoms with Crippen LogP contribution in [-0.2, 0) is 4.74 Å². The summed E-state index contributed by atoms with van der Waals surface area (Å²) in [6, 6.07) is 0. The average Bonchev–Trinajstić information content (AvgIpc) is 3.13. The smallest absolute Gasteiger partial charge is 0.662 e. The van der Waals surface area contributed by atoms with E-state index in [0.717, 1.165) is 38.3 Å². The van der Waals surface area contributed by atoms with Crippen LogP contribution in [-0.4, -0.2) is 59.2 Å². The Balaban J connectivity index is -0.0000000863. The second-order valence-electron chi connectivity index (χ2n) is 7.73. The van der Waals surface area contributed by atoms with E-state index in [0.29, 0.717) is 6.73 Å². The van der Waals surface area contributed by atoms with Crippen molar-refractivity contribution in [2.45, 2.75) is 46.8 Å². The number of rotatable bonds is 4. The van der Waals surface area contributed by atoms with Gasteiger partial charge in [0.05, 0.1) is 14.8 Å². The Hall–Kier alpha value is 4.77. The summed E-state index contributed by atoms with van der Waals surface area (Å²) in [6.07, 6.45) is 9.17. The molecule has 1 fully saturated rings. The first-order valence-electron chi connectivity index (χ1n) is 9.00. The first kappa shape index (κ1) is 42.9. The van der Waals surface area contributed by atoms with Crippen molar-refractivity contribution in [2.24, 2.45) is 5.92 Å². The van der Waals surface area contributed by atoms with Gasteiger partial charge in [0.15, 0.2) is 0 Å². The second kappa shape index (κ2) is 29.8. The van der Waals surface area contributed by atoms with Crippen molar-refractivity contribution >= 4 is 8.07 Å². The molecule has 0 saturated carbocycles. The molecule has 0 radical (unpaired) electrons. The van der Waals surface area contributed by atoms with Crippen LogP contribution in [0.4, 0.5) is 0 Å². The summed E-state index contributed by atoms with van der Waals surface area (Å²) in [7, 11) is 4.58. The van der Waals surface area contributed by atoms with Crippen LogP contribution in [0.15, 0.2) is 11.6 Å². The molecular weight excluding hydrogens is 583 g/mol. The molecule has 0 aromatic rings. The summed E-state index contributed by atoms with van der Waals surface area (Å²) in [4.78, 5) is 1.98. The SMILES string of the molecule is C#CC.CC1=CC[N-]C1.CC1CC[N-]C1.[CH2-]N(COC)C[Si](C)(C)C.[Rb+].[Rb+].[Rb+]. The fourth-order valence-electron chi connectivity index (χ4n) is 2.14. The zero-order chi connectivity index (χ0) is 19.7. The van der Waals surface area contributed by atoms with Gasteiger partial charge in [0.2, 0.25) is 0 Å². The fourth-order valence-corrected chi connectivity index (χ4v) is 3.57. The number of hydrogen-bond donors (Lipinski definition) is 0. The summed E-state index contributed by atoms with van der Waals surface area (Å²) >= 11 is 0. The Labute approximate surface area is 324 Å². The molecule has 2 aliphatic heterocycles. The minimum atomic E-state index is -0.974. The Morgan fingerprint density at radius 3 is 2.00 bits per heavy atom. The maximum Gasteiger partial charge on any atom is 1.00 e. The van der Waals surface area contributed by atoms with Crippen LogP contribution in [0, 0.1) is 25.3 Å². The molecule has 1 saturated heterocycles. The normalized spacial score (nSPS) is 16.7. The molecule has 28 heavy (non-hydrogen) atoms.